The molecule has 0 saturated heterocycles. The number of hydrogen-bond donors (Lipinski definition) is 0. The van der Waals surface area contributed by atoms with Crippen molar-refractivity contribution in [2.75, 3.05) is 6.61 Å². The van der Waals surface area contributed by atoms with E-state index < -0.39 is 5.97 Å². The van der Waals surface area contributed by atoms with E-state index in [2.05, 4.69) is 25.8 Å². The number of Topliss-reactive ketones (excluding diaryl/α,β-unsaturated/α-hetero) is 1. The normalized spacial score (nSPS) is 11.3. The Kier molecular flexibility index (Phi) is 5.15. The average molecular weight is 332 g/mol. The molecule has 1 aromatic heterocycles. The molecule has 0 spiro atoms. The summed E-state index contributed by atoms with van der Waals surface area (Å²) in [6.45, 7) is 6.24. The fourth-order valence-electron chi connectivity index (χ4n) is 1.93. The summed E-state index contributed by atoms with van der Waals surface area (Å²) in [6, 6.07) is 7.61. The number of hydrogen-bond acceptors (Lipinski definition) is 6. The first-order chi connectivity index (χ1) is 10.8. The average Bonchev–Trinajstić information content (AvgIpc) is 2.92. The number of nitrogens with zero attached hydrogens (tertiary/aromatic N) is 1. The first-order valence-electron chi connectivity index (χ1n) is 7.16. The fourth-order valence-corrected chi connectivity index (χ4v) is 2.67. The smallest absolute Gasteiger partial charge is 0.228 e. The molecule has 2 rings (SSSR count). The van der Waals surface area contributed by atoms with Crippen LogP contribution in [0.1, 0.15) is 41.8 Å². The van der Waals surface area contributed by atoms with Crippen LogP contribution in [-0.2, 0) is 16.6 Å². The van der Waals surface area contributed by atoms with Gasteiger partial charge in [0.2, 0.25) is 5.78 Å². The highest BCUT2D eigenvalue weighted by molar-refractivity contribution is 7.11. The molecular weight excluding hydrogens is 314 g/mol. The first-order valence-corrected chi connectivity index (χ1v) is 8.04. The number of rotatable bonds is 6. The number of benzene rings is 1. The van der Waals surface area contributed by atoms with Crippen LogP contribution in [0, 0.1) is 0 Å². The lowest BCUT2D eigenvalue weighted by atomic mass is 9.87. The predicted molar refractivity (Wildman–Crippen MR) is 85.8 cm³/mol. The van der Waals surface area contributed by atoms with Crippen molar-refractivity contribution in [3.05, 3.63) is 45.9 Å². The van der Waals surface area contributed by atoms with Crippen molar-refractivity contribution in [1.82, 2.24) is 4.98 Å². The largest absolute Gasteiger partial charge is 0.550 e. The molecule has 23 heavy (non-hydrogen) atoms. The Balaban J connectivity index is 1.94. The van der Waals surface area contributed by atoms with Gasteiger partial charge in [0.1, 0.15) is 5.75 Å². The lowest BCUT2D eigenvalue weighted by Gasteiger charge is -2.19. The van der Waals surface area contributed by atoms with Crippen LogP contribution in [0.25, 0.3) is 0 Å². The molecule has 0 bridgehead atoms. The van der Waals surface area contributed by atoms with Gasteiger partial charge in [0.05, 0.1) is 5.69 Å². The van der Waals surface area contributed by atoms with Crippen LogP contribution in [0.3, 0.4) is 0 Å². The van der Waals surface area contributed by atoms with Crippen LogP contribution in [0.15, 0.2) is 29.6 Å². The van der Waals surface area contributed by atoms with Crippen molar-refractivity contribution in [2.24, 2.45) is 0 Å². The summed E-state index contributed by atoms with van der Waals surface area (Å²) in [5.74, 6) is -0.887. The Morgan fingerprint density at radius 1 is 1.22 bits per heavy atom. The minimum atomic E-state index is -1.22. The topological polar surface area (TPSA) is 79.3 Å². The molecule has 0 radical (unpaired) electrons. The second kappa shape index (κ2) is 6.91. The maximum absolute atomic E-state index is 12.0. The molecule has 0 aliphatic rings. The Bertz CT molecular complexity index is 698. The fraction of sp³-hybridized carbons (Fsp3) is 0.353. The van der Waals surface area contributed by atoms with Crippen molar-refractivity contribution in [3.8, 4) is 5.75 Å². The number of carbonyl (C=O) groups excluding carboxylic acids is 2. The number of ether oxygens (including phenoxy) is 1. The number of aliphatic carboxylic acids is 1. The van der Waals surface area contributed by atoms with Crippen molar-refractivity contribution in [2.45, 2.75) is 32.6 Å². The third-order valence-corrected chi connectivity index (χ3v) is 4.14. The van der Waals surface area contributed by atoms with Crippen LogP contribution in [-0.4, -0.2) is 23.3 Å². The van der Waals surface area contributed by atoms with E-state index in [0.29, 0.717) is 11.4 Å². The van der Waals surface area contributed by atoms with Crippen molar-refractivity contribution in [3.63, 3.8) is 0 Å². The summed E-state index contributed by atoms with van der Waals surface area (Å²) in [4.78, 5) is 26.5. The van der Waals surface area contributed by atoms with Crippen LogP contribution in [0.4, 0.5) is 0 Å². The van der Waals surface area contributed by atoms with Gasteiger partial charge in [0.15, 0.2) is 11.6 Å². The van der Waals surface area contributed by atoms with Gasteiger partial charge in [-0.1, -0.05) is 32.9 Å². The van der Waals surface area contributed by atoms with Crippen molar-refractivity contribution < 1.29 is 19.4 Å². The van der Waals surface area contributed by atoms with Crippen LogP contribution >= 0.6 is 11.3 Å². The number of ketones is 1. The second-order valence-electron chi connectivity index (χ2n) is 6.18. The molecule has 2 aromatic rings. The molecule has 0 aliphatic heterocycles. The Labute approximate surface area is 138 Å². The first kappa shape index (κ1) is 17.1. The van der Waals surface area contributed by atoms with Gasteiger partial charge in [-0.05, 0) is 23.1 Å². The van der Waals surface area contributed by atoms with Crippen LogP contribution in [0.2, 0.25) is 0 Å². The van der Waals surface area contributed by atoms with E-state index in [1.54, 1.807) is 5.38 Å². The third kappa shape index (κ3) is 4.89. The SMILES string of the molecule is CC(C)(C)c1ccc(OCC(=O)c2nc(CC(=O)[O-])cs2)cc1. The molecule has 6 heteroatoms. The van der Waals surface area contributed by atoms with Gasteiger partial charge in [-0.3, -0.25) is 4.79 Å². The molecule has 0 unspecified atom stereocenters. The van der Waals surface area contributed by atoms with Gasteiger partial charge >= 0.3 is 0 Å². The Morgan fingerprint density at radius 2 is 1.87 bits per heavy atom. The second-order valence-corrected chi connectivity index (χ2v) is 7.04. The summed E-state index contributed by atoms with van der Waals surface area (Å²) < 4.78 is 5.47. The molecular formula is C17H18NO4S-. The number of thiazole rings is 1. The predicted octanol–water partition coefficient (Wildman–Crippen LogP) is 1.99. The highest BCUT2D eigenvalue weighted by atomic mass is 32.1. The van der Waals surface area contributed by atoms with E-state index in [9.17, 15) is 14.7 Å². The molecule has 1 aromatic carbocycles. The Hall–Kier alpha value is -2.21. The lowest BCUT2D eigenvalue weighted by molar-refractivity contribution is -0.304. The highest BCUT2D eigenvalue weighted by Gasteiger charge is 2.14. The zero-order valence-electron chi connectivity index (χ0n) is 13.3. The van der Waals surface area contributed by atoms with Crippen LogP contribution in [0.5, 0.6) is 5.75 Å². The highest BCUT2D eigenvalue weighted by Crippen LogP contribution is 2.24. The zero-order valence-corrected chi connectivity index (χ0v) is 14.1. The quantitative estimate of drug-likeness (QED) is 0.756. The molecule has 0 atom stereocenters. The van der Waals surface area contributed by atoms with E-state index in [0.717, 1.165) is 11.3 Å². The molecule has 0 amide bonds. The summed E-state index contributed by atoms with van der Waals surface area (Å²) in [7, 11) is 0. The van der Waals surface area contributed by atoms with E-state index in [1.165, 1.54) is 5.56 Å². The Morgan fingerprint density at radius 3 is 2.43 bits per heavy atom. The lowest BCUT2D eigenvalue weighted by Crippen LogP contribution is -2.24. The monoisotopic (exact) mass is 332 g/mol. The van der Waals surface area contributed by atoms with E-state index in [1.807, 2.05) is 24.3 Å². The molecule has 1 heterocycles. The van der Waals surface area contributed by atoms with Gasteiger partial charge in [-0.2, -0.15) is 0 Å². The maximum atomic E-state index is 12.0. The molecule has 0 N–H and O–H groups in total. The summed E-state index contributed by atoms with van der Waals surface area (Å²) in [5, 5.41) is 12.3. The molecule has 5 nitrogen and oxygen atoms in total. The minimum Gasteiger partial charge on any atom is -0.550 e. The summed E-state index contributed by atoms with van der Waals surface area (Å²) >= 11 is 1.11. The number of aromatic nitrogens is 1. The standard InChI is InChI=1S/C17H19NO4S/c1-17(2,3)11-4-6-13(7-5-11)22-9-14(19)16-18-12(10-23-16)8-15(20)21/h4-7,10H,8-9H2,1-3H3,(H,20,21)/p-1. The van der Waals surface area contributed by atoms with E-state index in [-0.39, 0.29) is 29.2 Å². The number of carboxylic acids is 1. The third-order valence-electron chi connectivity index (χ3n) is 3.21. The van der Waals surface area contributed by atoms with Crippen LogP contribution < -0.4 is 9.84 Å². The summed E-state index contributed by atoms with van der Waals surface area (Å²) in [5.41, 5.74) is 1.57. The van der Waals surface area contributed by atoms with Crippen molar-refractivity contribution >= 4 is 23.1 Å². The molecule has 0 fully saturated rings. The molecule has 0 aliphatic carbocycles. The zero-order chi connectivity index (χ0) is 17.0. The van der Waals surface area contributed by atoms with Gasteiger partial charge in [0.25, 0.3) is 0 Å². The van der Waals surface area contributed by atoms with E-state index in [4.69, 9.17) is 4.74 Å². The van der Waals surface area contributed by atoms with Gasteiger partial charge < -0.3 is 14.6 Å². The van der Waals surface area contributed by atoms with Gasteiger partial charge in [0, 0.05) is 17.8 Å². The number of carbonyl (C=O) groups is 2. The maximum Gasteiger partial charge on any atom is 0.228 e. The number of carboxylic acid groups (broad SMARTS) is 1. The van der Waals surface area contributed by atoms with E-state index >= 15 is 0 Å². The van der Waals surface area contributed by atoms with Gasteiger partial charge in [-0.25, -0.2) is 4.98 Å². The van der Waals surface area contributed by atoms with Crippen molar-refractivity contribution in [1.29, 1.82) is 0 Å². The van der Waals surface area contributed by atoms with Gasteiger partial charge in [-0.15, -0.1) is 11.3 Å². The molecule has 122 valence electrons. The molecule has 0 saturated carbocycles. The minimum absolute atomic E-state index is 0.0602. The summed E-state index contributed by atoms with van der Waals surface area (Å²) in [6.07, 6.45) is -0.293.